The summed E-state index contributed by atoms with van der Waals surface area (Å²) >= 11 is 0. The van der Waals surface area contributed by atoms with E-state index in [-0.39, 0.29) is 18.9 Å². The van der Waals surface area contributed by atoms with Gasteiger partial charge in [-0.15, -0.1) is 0 Å². The van der Waals surface area contributed by atoms with Gasteiger partial charge in [-0.25, -0.2) is 4.79 Å². The van der Waals surface area contributed by atoms with Crippen LogP contribution in [0.3, 0.4) is 0 Å². The topological polar surface area (TPSA) is 78.9 Å². The Balaban J connectivity index is 1.74. The highest BCUT2D eigenvalue weighted by Gasteiger charge is 2.40. The highest BCUT2D eigenvalue weighted by Crippen LogP contribution is 2.24. The van der Waals surface area contributed by atoms with Crippen LogP contribution in [0.2, 0.25) is 0 Å². The number of aliphatic hydroxyl groups is 1. The smallest absolute Gasteiger partial charge is 0.410 e. The lowest BCUT2D eigenvalue weighted by atomic mass is 10.1. The molecular formula is C20H22N2O4. The van der Waals surface area contributed by atoms with Gasteiger partial charge >= 0.3 is 6.09 Å². The third kappa shape index (κ3) is 3.86. The molecule has 0 aliphatic carbocycles. The molecule has 0 saturated carbocycles. The lowest BCUT2D eigenvalue weighted by molar-refractivity contribution is -0.119. The Kier molecular flexibility index (Phi) is 5.23. The Bertz CT molecular complexity index is 786. The maximum atomic E-state index is 12.8. The molecule has 3 rings (SSSR count). The molecule has 6 heteroatoms. The van der Waals surface area contributed by atoms with E-state index in [4.69, 9.17) is 4.74 Å². The third-order valence-corrected chi connectivity index (χ3v) is 4.49. The summed E-state index contributed by atoms with van der Waals surface area (Å²) in [7, 11) is 0. The van der Waals surface area contributed by atoms with Gasteiger partial charge in [0.05, 0.1) is 12.6 Å². The number of rotatable bonds is 3. The van der Waals surface area contributed by atoms with Crippen molar-refractivity contribution in [1.82, 2.24) is 4.90 Å². The fourth-order valence-electron chi connectivity index (χ4n) is 3.13. The number of amides is 2. The second-order valence-electron chi connectivity index (χ2n) is 6.49. The van der Waals surface area contributed by atoms with E-state index in [0.29, 0.717) is 5.75 Å². The van der Waals surface area contributed by atoms with Crippen LogP contribution in [0.5, 0.6) is 5.75 Å². The predicted octanol–water partition coefficient (Wildman–Crippen LogP) is 2.88. The van der Waals surface area contributed by atoms with Gasteiger partial charge < -0.3 is 15.2 Å². The van der Waals surface area contributed by atoms with Crippen LogP contribution in [0.4, 0.5) is 10.5 Å². The number of likely N-dealkylation sites (tertiary alicyclic amines) is 1. The molecule has 0 aromatic heterocycles. The lowest BCUT2D eigenvalue weighted by Crippen LogP contribution is -2.44. The largest absolute Gasteiger partial charge is 0.416 e. The van der Waals surface area contributed by atoms with Crippen LogP contribution in [0, 0.1) is 13.8 Å². The molecule has 0 spiro atoms. The van der Waals surface area contributed by atoms with Crippen LogP contribution in [0.15, 0.2) is 48.5 Å². The second kappa shape index (κ2) is 7.58. The quantitative estimate of drug-likeness (QED) is 0.888. The summed E-state index contributed by atoms with van der Waals surface area (Å²) < 4.78 is 5.32. The SMILES string of the molecule is Cc1cccc(C)c1NC(=O)[C@H]1C[C@@H](O)CN1C(=O)Oc1ccccc1. The molecule has 1 fully saturated rings. The molecule has 0 unspecified atom stereocenters. The molecule has 1 saturated heterocycles. The molecular weight excluding hydrogens is 332 g/mol. The minimum absolute atomic E-state index is 0.0660. The van der Waals surface area contributed by atoms with Crippen molar-refractivity contribution in [3.63, 3.8) is 0 Å². The van der Waals surface area contributed by atoms with Crippen molar-refractivity contribution in [2.24, 2.45) is 0 Å². The van der Waals surface area contributed by atoms with Gasteiger partial charge in [0.1, 0.15) is 11.8 Å². The predicted molar refractivity (Wildman–Crippen MR) is 98.1 cm³/mol. The molecule has 2 aromatic carbocycles. The number of anilines is 1. The van der Waals surface area contributed by atoms with E-state index >= 15 is 0 Å². The molecule has 0 bridgehead atoms. The first-order valence-corrected chi connectivity index (χ1v) is 8.54. The van der Waals surface area contributed by atoms with Gasteiger partial charge in [-0.3, -0.25) is 9.69 Å². The van der Waals surface area contributed by atoms with Gasteiger partial charge in [0.2, 0.25) is 5.91 Å². The number of nitrogens with one attached hydrogen (secondary N) is 1. The molecule has 2 aromatic rings. The Morgan fingerprint density at radius 1 is 1.08 bits per heavy atom. The summed E-state index contributed by atoms with van der Waals surface area (Å²) in [5, 5.41) is 12.9. The van der Waals surface area contributed by atoms with Crippen LogP contribution in [-0.2, 0) is 4.79 Å². The van der Waals surface area contributed by atoms with Crippen LogP contribution in [0.1, 0.15) is 17.5 Å². The van der Waals surface area contributed by atoms with E-state index in [2.05, 4.69) is 5.32 Å². The van der Waals surface area contributed by atoms with Gasteiger partial charge in [-0.1, -0.05) is 36.4 Å². The zero-order chi connectivity index (χ0) is 18.7. The Morgan fingerprint density at radius 3 is 2.38 bits per heavy atom. The van der Waals surface area contributed by atoms with Crippen molar-refractivity contribution in [2.75, 3.05) is 11.9 Å². The van der Waals surface area contributed by atoms with Crippen molar-refractivity contribution < 1.29 is 19.4 Å². The monoisotopic (exact) mass is 354 g/mol. The van der Waals surface area contributed by atoms with Crippen LogP contribution in [-0.4, -0.2) is 40.7 Å². The average molecular weight is 354 g/mol. The number of nitrogens with zero attached hydrogens (tertiary/aromatic N) is 1. The van der Waals surface area contributed by atoms with Crippen molar-refractivity contribution in [3.05, 3.63) is 59.7 Å². The molecule has 2 atom stereocenters. The Labute approximate surface area is 152 Å². The van der Waals surface area contributed by atoms with E-state index in [1.165, 1.54) is 4.90 Å². The minimum atomic E-state index is -0.778. The molecule has 6 nitrogen and oxygen atoms in total. The molecule has 1 aliphatic rings. The van der Waals surface area contributed by atoms with Crippen molar-refractivity contribution in [3.8, 4) is 5.75 Å². The summed E-state index contributed by atoms with van der Waals surface area (Å²) in [4.78, 5) is 26.5. The summed E-state index contributed by atoms with van der Waals surface area (Å²) in [5.74, 6) is 0.0664. The number of hydrogen-bond acceptors (Lipinski definition) is 4. The second-order valence-corrected chi connectivity index (χ2v) is 6.49. The summed E-state index contributed by atoms with van der Waals surface area (Å²) in [5.41, 5.74) is 2.61. The van der Waals surface area contributed by atoms with Crippen molar-refractivity contribution in [1.29, 1.82) is 0 Å². The average Bonchev–Trinajstić information content (AvgIpc) is 3.01. The molecule has 1 heterocycles. The number of benzene rings is 2. The van der Waals surface area contributed by atoms with E-state index < -0.39 is 18.2 Å². The van der Waals surface area contributed by atoms with Crippen molar-refractivity contribution in [2.45, 2.75) is 32.4 Å². The highest BCUT2D eigenvalue weighted by atomic mass is 16.6. The first-order chi connectivity index (χ1) is 12.5. The van der Waals surface area contributed by atoms with E-state index in [1.807, 2.05) is 38.1 Å². The number of hydrogen-bond donors (Lipinski definition) is 2. The molecule has 2 amide bonds. The van der Waals surface area contributed by atoms with Gasteiger partial charge in [0, 0.05) is 12.1 Å². The summed E-state index contributed by atoms with van der Waals surface area (Å²) in [6.07, 6.45) is -1.22. The number of carbonyl (C=O) groups is 2. The lowest BCUT2D eigenvalue weighted by Gasteiger charge is -2.23. The van der Waals surface area contributed by atoms with Crippen LogP contribution in [0.25, 0.3) is 0 Å². The number of carbonyl (C=O) groups excluding carboxylic acids is 2. The van der Waals surface area contributed by atoms with E-state index in [1.54, 1.807) is 24.3 Å². The molecule has 26 heavy (non-hydrogen) atoms. The number of β-amino-alcohol motifs (C(OH)–C–C–N with tert-alkyl or cyclic N) is 1. The fraction of sp³-hybridized carbons (Fsp3) is 0.300. The Hall–Kier alpha value is -2.86. The van der Waals surface area contributed by atoms with Gasteiger partial charge in [-0.2, -0.15) is 0 Å². The molecule has 1 aliphatic heterocycles. The number of ether oxygens (including phenoxy) is 1. The maximum absolute atomic E-state index is 12.8. The molecule has 2 N–H and O–H groups in total. The van der Waals surface area contributed by atoms with Gasteiger partial charge in [0.15, 0.2) is 0 Å². The standard InChI is InChI=1S/C20H22N2O4/c1-13-7-6-8-14(2)18(13)21-19(24)17-11-15(23)12-22(17)20(25)26-16-9-4-3-5-10-16/h3-10,15,17,23H,11-12H2,1-2H3,(H,21,24)/t15-,17-/m1/s1. The number of para-hydroxylation sites is 2. The molecule has 136 valence electrons. The first kappa shape index (κ1) is 17.9. The van der Waals surface area contributed by atoms with Gasteiger partial charge in [-0.05, 0) is 37.1 Å². The zero-order valence-electron chi connectivity index (χ0n) is 14.8. The summed E-state index contributed by atoms with van der Waals surface area (Å²) in [6.45, 7) is 3.89. The number of aliphatic hydroxyl groups excluding tert-OH is 1. The normalized spacial score (nSPS) is 19.3. The van der Waals surface area contributed by atoms with Crippen LogP contribution >= 0.6 is 0 Å². The third-order valence-electron chi connectivity index (χ3n) is 4.49. The highest BCUT2D eigenvalue weighted by molar-refractivity contribution is 5.98. The summed E-state index contributed by atoms with van der Waals surface area (Å²) in [6, 6.07) is 13.6. The van der Waals surface area contributed by atoms with Gasteiger partial charge in [0.25, 0.3) is 0 Å². The van der Waals surface area contributed by atoms with Crippen LogP contribution < -0.4 is 10.1 Å². The number of aryl methyl sites for hydroxylation is 2. The van der Waals surface area contributed by atoms with E-state index in [0.717, 1.165) is 16.8 Å². The maximum Gasteiger partial charge on any atom is 0.416 e. The van der Waals surface area contributed by atoms with Crippen molar-refractivity contribution >= 4 is 17.7 Å². The zero-order valence-corrected chi connectivity index (χ0v) is 14.8. The van der Waals surface area contributed by atoms with E-state index in [9.17, 15) is 14.7 Å². The fourth-order valence-corrected chi connectivity index (χ4v) is 3.13. The molecule has 0 radical (unpaired) electrons. The first-order valence-electron chi connectivity index (χ1n) is 8.54. The minimum Gasteiger partial charge on any atom is -0.410 e. The Morgan fingerprint density at radius 2 is 1.73 bits per heavy atom.